The summed E-state index contributed by atoms with van der Waals surface area (Å²) in [5.74, 6) is -0.326. The minimum Gasteiger partial charge on any atom is -0.399 e. The molecule has 1 aromatic heterocycles. The van der Waals surface area contributed by atoms with Crippen molar-refractivity contribution in [3.8, 4) is 0 Å². The first-order chi connectivity index (χ1) is 13.1. The van der Waals surface area contributed by atoms with Gasteiger partial charge in [0.2, 0.25) is 0 Å². The highest BCUT2D eigenvalue weighted by atomic mass is 19.1. The Morgan fingerprint density at radius 3 is 2.52 bits per heavy atom. The van der Waals surface area contributed by atoms with Crippen LogP contribution in [0.15, 0.2) is 54.7 Å². The average Bonchev–Trinajstić information content (AvgIpc) is 2.69. The Hall–Kier alpha value is -3.35. The number of fused-ring (bicyclic) bond motifs is 1. The van der Waals surface area contributed by atoms with Crippen molar-refractivity contribution in [2.45, 2.75) is 0 Å². The predicted molar refractivity (Wildman–Crippen MR) is 105 cm³/mol. The highest BCUT2D eigenvalue weighted by molar-refractivity contribution is 5.93. The molecule has 2 amide bonds. The van der Waals surface area contributed by atoms with Crippen LogP contribution < -0.4 is 16.0 Å². The molecule has 0 atom stereocenters. The predicted octanol–water partition coefficient (Wildman–Crippen LogP) is 3.31. The monoisotopic (exact) mass is 365 g/mol. The fraction of sp³-hybridized carbons (Fsp3) is 0.200. The van der Waals surface area contributed by atoms with Gasteiger partial charge in [0.1, 0.15) is 5.82 Å². The van der Waals surface area contributed by atoms with Gasteiger partial charge in [0.15, 0.2) is 0 Å². The van der Waals surface area contributed by atoms with Gasteiger partial charge in [-0.2, -0.15) is 0 Å². The van der Waals surface area contributed by atoms with Gasteiger partial charge in [0, 0.05) is 54.8 Å². The summed E-state index contributed by atoms with van der Waals surface area (Å²) in [4.78, 5) is 20.8. The van der Waals surface area contributed by atoms with Gasteiger partial charge in [0.25, 0.3) is 0 Å². The van der Waals surface area contributed by atoms with Gasteiger partial charge < -0.3 is 20.9 Å². The number of nitrogens with two attached hydrogens (primary N) is 1. The highest BCUT2D eigenvalue weighted by Gasteiger charge is 2.22. The number of halogens is 1. The van der Waals surface area contributed by atoms with Gasteiger partial charge in [-0.25, -0.2) is 9.18 Å². The van der Waals surface area contributed by atoms with Crippen LogP contribution in [-0.2, 0) is 0 Å². The molecule has 2 aromatic carbocycles. The molecule has 0 bridgehead atoms. The number of pyridine rings is 1. The maximum atomic E-state index is 13.0. The van der Waals surface area contributed by atoms with Crippen molar-refractivity contribution in [1.82, 2.24) is 9.88 Å². The fourth-order valence-corrected chi connectivity index (χ4v) is 3.31. The van der Waals surface area contributed by atoms with Crippen molar-refractivity contribution in [2.75, 3.05) is 42.1 Å². The zero-order valence-corrected chi connectivity index (χ0v) is 14.7. The molecule has 1 aliphatic rings. The lowest BCUT2D eigenvalue weighted by Crippen LogP contribution is -2.50. The number of hydrogen-bond acceptors (Lipinski definition) is 4. The van der Waals surface area contributed by atoms with Crippen molar-refractivity contribution in [1.29, 1.82) is 0 Å². The van der Waals surface area contributed by atoms with E-state index in [0.29, 0.717) is 24.5 Å². The summed E-state index contributed by atoms with van der Waals surface area (Å²) < 4.78 is 13.0. The first-order valence-electron chi connectivity index (χ1n) is 8.81. The molecule has 0 radical (unpaired) electrons. The molecular weight excluding hydrogens is 345 g/mol. The largest absolute Gasteiger partial charge is 0.399 e. The van der Waals surface area contributed by atoms with E-state index in [1.54, 1.807) is 23.2 Å². The summed E-state index contributed by atoms with van der Waals surface area (Å²) >= 11 is 0. The molecule has 1 aliphatic heterocycles. The second-order valence-electron chi connectivity index (χ2n) is 6.52. The molecule has 2 heterocycles. The van der Waals surface area contributed by atoms with E-state index >= 15 is 0 Å². The summed E-state index contributed by atoms with van der Waals surface area (Å²) in [6, 6.07) is 13.3. The highest BCUT2D eigenvalue weighted by Crippen LogP contribution is 2.27. The van der Waals surface area contributed by atoms with E-state index in [0.717, 1.165) is 29.7 Å². The number of benzene rings is 2. The number of carbonyl (C=O) groups excluding carboxylic acids is 1. The van der Waals surface area contributed by atoms with Crippen molar-refractivity contribution in [3.63, 3.8) is 0 Å². The molecular formula is C20H20FN5O. The normalized spacial score (nSPS) is 14.4. The molecule has 7 heteroatoms. The number of nitrogen functional groups attached to an aromatic ring is 1. The number of piperazine rings is 1. The lowest BCUT2D eigenvalue weighted by atomic mass is 10.1. The van der Waals surface area contributed by atoms with Gasteiger partial charge in [0.05, 0.1) is 5.52 Å². The number of rotatable bonds is 2. The van der Waals surface area contributed by atoms with Crippen molar-refractivity contribution in [2.24, 2.45) is 0 Å². The van der Waals surface area contributed by atoms with Gasteiger partial charge in [-0.1, -0.05) is 0 Å². The van der Waals surface area contributed by atoms with Crippen molar-refractivity contribution >= 4 is 34.0 Å². The maximum Gasteiger partial charge on any atom is 0.321 e. The molecule has 3 aromatic rings. The molecule has 4 rings (SSSR count). The van der Waals surface area contributed by atoms with Gasteiger partial charge >= 0.3 is 6.03 Å². The molecule has 3 N–H and O–H groups in total. The van der Waals surface area contributed by atoms with E-state index in [-0.39, 0.29) is 11.8 Å². The summed E-state index contributed by atoms with van der Waals surface area (Å²) in [5, 5.41) is 3.86. The second kappa shape index (κ2) is 7.11. The third-order valence-electron chi connectivity index (χ3n) is 4.75. The first kappa shape index (κ1) is 17.1. The van der Waals surface area contributed by atoms with E-state index in [1.807, 2.05) is 24.3 Å². The van der Waals surface area contributed by atoms with Crippen molar-refractivity contribution < 1.29 is 9.18 Å². The minimum atomic E-state index is -0.326. The van der Waals surface area contributed by atoms with Crippen LogP contribution in [0.25, 0.3) is 10.9 Å². The lowest BCUT2D eigenvalue weighted by molar-refractivity contribution is 0.208. The number of nitrogens with zero attached hydrogens (tertiary/aromatic N) is 3. The van der Waals surface area contributed by atoms with E-state index in [2.05, 4.69) is 15.2 Å². The van der Waals surface area contributed by atoms with Crippen LogP contribution >= 0.6 is 0 Å². The van der Waals surface area contributed by atoms with Crippen LogP contribution in [0.2, 0.25) is 0 Å². The molecule has 27 heavy (non-hydrogen) atoms. The second-order valence-corrected chi connectivity index (χ2v) is 6.52. The van der Waals surface area contributed by atoms with Crippen LogP contribution in [0.3, 0.4) is 0 Å². The minimum absolute atomic E-state index is 0.173. The molecule has 6 nitrogen and oxygen atoms in total. The number of anilines is 3. The molecule has 0 saturated carbocycles. The SMILES string of the molecule is Nc1ccc2c(N3CCN(C(=O)Nc4ccc(F)cc4)CC3)ccnc2c1. The third kappa shape index (κ3) is 3.62. The van der Waals surface area contributed by atoms with Crippen LogP contribution in [0.1, 0.15) is 0 Å². The van der Waals surface area contributed by atoms with E-state index in [4.69, 9.17) is 5.73 Å². The van der Waals surface area contributed by atoms with Gasteiger partial charge in [-0.15, -0.1) is 0 Å². The number of nitrogens with one attached hydrogen (secondary N) is 1. The Morgan fingerprint density at radius 2 is 1.78 bits per heavy atom. The number of urea groups is 1. The molecule has 0 spiro atoms. The van der Waals surface area contributed by atoms with Crippen molar-refractivity contribution in [3.05, 3.63) is 60.5 Å². The smallest absolute Gasteiger partial charge is 0.321 e. The quantitative estimate of drug-likeness (QED) is 0.683. The number of carbonyl (C=O) groups is 1. The molecule has 1 fully saturated rings. The fourth-order valence-electron chi connectivity index (χ4n) is 3.31. The number of aromatic nitrogens is 1. The van der Waals surface area contributed by atoms with Crippen LogP contribution in [-0.4, -0.2) is 42.1 Å². The Kier molecular flexibility index (Phi) is 4.50. The number of amides is 2. The third-order valence-corrected chi connectivity index (χ3v) is 4.75. The van der Waals surface area contributed by atoms with E-state index in [1.165, 1.54) is 12.1 Å². The Balaban J connectivity index is 1.43. The first-order valence-corrected chi connectivity index (χ1v) is 8.81. The van der Waals surface area contributed by atoms with Gasteiger partial charge in [-0.05, 0) is 48.5 Å². The summed E-state index contributed by atoms with van der Waals surface area (Å²) in [6.07, 6.45) is 1.78. The van der Waals surface area contributed by atoms with Crippen LogP contribution in [0.5, 0.6) is 0 Å². The maximum absolute atomic E-state index is 13.0. The van der Waals surface area contributed by atoms with Gasteiger partial charge in [-0.3, -0.25) is 4.98 Å². The Morgan fingerprint density at radius 1 is 1.04 bits per heavy atom. The van der Waals surface area contributed by atoms with Crippen LogP contribution in [0, 0.1) is 5.82 Å². The molecule has 0 unspecified atom stereocenters. The summed E-state index contributed by atoms with van der Waals surface area (Å²) in [7, 11) is 0. The summed E-state index contributed by atoms with van der Waals surface area (Å²) in [6.45, 7) is 2.65. The molecule has 0 aliphatic carbocycles. The molecule has 1 saturated heterocycles. The topological polar surface area (TPSA) is 74.5 Å². The zero-order chi connectivity index (χ0) is 18.8. The van der Waals surface area contributed by atoms with E-state index < -0.39 is 0 Å². The summed E-state index contributed by atoms with van der Waals surface area (Å²) in [5.41, 5.74) is 9.08. The number of hydrogen-bond donors (Lipinski definition) is 2. The Labute approximate surface area is 156 Å². The van der Waals surface area contributed by atoms with E-state index in [9.17, 15) is 9.18 Å². The van der Waals surface area contributed by atoms with Crippen LogP contribution in [0.4, 0.5) is 26.2 Å². The Bertz CT molecular complexity index is 968. The zero-order valence-electron chi connectivity index (χ0n) is 14.7. The average molecular weight is 365 g/mol. The molecule has 138 valence electrons. The standard InChI is InChI=1S/C20H20FN5O/c21-14-1-4-16(5-2-14)24-20(27)26-11-9-25(10-12-26)19-7-8-23-18-13-15(22)3-6-17(18)19/h1-8,13H,9-12,22H2,(H,24,27). The lowest BCUT2D eigenvalue weighted by Gasteiger charge is -2.36.